The molecule has 6 heteroatoms. The van der Waals surface area contributed by atoms with Gasteiger partial charge in [-0.05, 0) is 38.5 Å². The van der Waals surface area contributed by atoms with E-state index in [2.05, 4.69) is 4.90 Å². The lowest BCUT2D eigenvalue weighted by atomic mass is 9.91. The molecule has 1 aromatic carbocycles. The Morgan fingerprint density at radius 3 is 2.32 bits per heavy atom. The molecule has 0 N–H and O–H groups in total. The molecule has 1 unspecified atom stereocenters. The van der Waals surface area contributed by atoms with Crippen LogP contribution in [0.2, 0.25) is 0 Å². The summed E-state index contributed by atoms with van der Waals surface area (Å²) in [5, 5.41) is 0. The molecule has 0 radical (unpaired) electrons. The Bertz CT molecular complexity index is 708. The van der Waals surface area contributed by atoms with Gasteiger partial charge >= 0.3 is 0 Å². The van der Waals surface area contributed by atoms with Crippen LogP contribution in [0.1, 0.15) is 61.3 Å². The van der Waals surface area contributed by atoms with Crippen molar-refractivity contribution in [2.45, 2.75) is 40.5 Å². The van der Waals surface area contributed by atoms with Crippen LogP contribution in [0.5, 0.6) is 0 Å². The number of ether oxygens (including phenoxy) is 1. The molecule has 1 fully saturated rings. The number of nitrogens with zero attached hydrogens (tertiary/aromatic N) is 2. The molecule has 0 bridgehead atoms. The Labute approximate surface area is 167 Å². The van der Waals surface area contributed by atoms with Crippen molar-refractivity contribution in [3.8, 4) is 0 Å². The number of piperazine rings is 1. The average molecular weight is 389 g/mol. The fourth-order valence-electron chi connectivity index (χ4n) is 3.37. The van der Waals surface area contributed by atoms with Crippen molar-refractivity contribution in [2.75, 3.05) is 44.3 Å². The minimum absolute atomic E-state index is 0.0132. The monoisotopic (exact) mass is 388 g/mol. The first-order chi connectivity index (χ1) is 13.4. The van der Waals surface area contributed by atoms with E-state index >= 15 is 0 Å². The van der Waals surface area contributed by atoms with Crippen molar-refractivity contribution in [2.24, 2.45) is 5.92 Å². The summed E-state index contributed by atoms with van der Waals surface area (Å²) in [6.45, 7) is 11.1. The molecule has 2 rings (SSSR count). The van der Waals surface area contributed by atoms with Gasteiger partial charge in [0.15, 0.2) is 11.6 Å². The first-order valence-corrected chi connectivity index (χ1v) is 10.2. The van der Waals surface area contributed by atoms with Crippen LogP contribution in [0, 0.1) is 5.92 Å². The van der Waals surface area contributed by atoms with Gasteiger partial charge in [0.25, 0.3) is 0 Å². The van der Waals surface area contributed by atoms with Crippen molar-refractivity contribution in [3.05, 3.63) is 29.3 Å². The van der Waals surface area contributed by atoms with Crippen LogP contribution in [-0.4, -0.2) is 61.8 Å². The van der Waals surface area contributed by atoms with Crippen molar-refractivity contribution < 1.29 is 19.1 Å². The van der Waals surface area contributed by atoms with Crippen LogP contribution in [0.4, 0.5) is 5.69 Å². The van der Waals surface area contributed by atoms with Crippen molar-refractivity contribution in [1.82, 2.24) is 4.90 Å². The highest BCUT2D eigenvalue weighted by molar-refractivity contribution is 6.09. The van der Waals surface area contributed by atoms with E-state index in [4.69, 9.17) is 4.74 Å². The lowest BCUT2D eigenvalue weighted by Crippen LogP contribution is -2.49. The number of hydrogen-bond acceptors (Lipinski definition) is 5. The summed E-state index contributed by atoms with van der Waals surface area (Å²) in [5.41, 5.74) is 1.92. The number of ketones is 2. The van der Waals surface area contributed by atoms with Crippen molar-refractivity contribution >= 4 is 23.2 Å². The minimum Gasteiger partial charge on any atom is -0.381 e. The Balaban J connectivity index is 2.09. The number of amides is 1. The Morgan fingerprint density at radius 1 is 1.07 bits per heavy atom. The van der Waals surface area contributed by atoms with Crippen molar-refractivity contribution in [1.29, 1.82) is 0 Å². The molecule has 0 aromatic heterocycles. The lowest BCUT2D eigenvalue weighted by Gasteiger charge is -2.36. The van der Waals surface area contributed by atoms with Crippen LogP contribution in [-0.2, 0) is 9.53 Å². The SMILES string of the molecule is CCOCCC(=O)N1CCN(c2ccc(C(C)=O)c(C(=O)C(C)CC)c2)CC1. The molecule has 6 nitrogen and oxygen atoms in total. The van der Waals surface area contributed by atoms with E-state index in [1.807, 2.05) is 37.8 Å². The van der Waals surface area contributed by atoms with E-state index < -0.39 is 0 Å². The van der Waals surface area contributed by atoms with Gasteiger partial charge < -0.3 is 14.5 Å². The van der Waals surface area contributed by atoms with Crippen LogP contribution >= 0.6 is 0 Å². The summed E-state index contributed by atoms with van der Waals surface area (Å²) in [5.74, 6) is -0.0805. The van der Waals surface area contributed by atoms with Crippen LogP contribution in [0.15, 0.2) is 18.2 Å². The molecule has 1 heterocycles. The maximum absolute atomic E-state index is 12.8. The highest BCUT2D eigenvalue weighted by Gasteiger charge is 2.24. The molecular formula is C22H32N2O4. The zero-order valence-electron chi connectivity index (χ0n) is 17.5. The summed E-state index contributed by atoms with van der Waals surface area (Å²) < 4.78 is 5.26. The fourth-order valence-corrected chi connectivity index (χ4v) is 3.37. The second-order valence-corrected chi connectivity index (χ2v) is 7.27. The van der Waals surface area contributed by atoms with E-state index in [1.54, 1.807) is 6.07 Å². The first-order valence-electron chi connectivity index (χ1n) is 10.2. The number of carbonyl (C=O) groups is 3. The smallest absolute Gasteiger partial charge is 0.225 e. The number of carbonyl (C=O) groups excluding carboxylic acids is 3. The van der Waals surface area contributed by atoms with Gasteiger partial charge in [0.1, 0.15) is 0 Å². The molecular weight excluding hydrogens is 356 g/mol. The predicted molar refractivity (Wildman–Crippen MR) is 110 cm³/mol. The third kappa shape index (κ3) is 5.41. The average Bonchev–Trinajstić information content (AvgIpc) is 2.72. The molecule has 1 aliphatic rings. The van der Waals surface area contributed by atoms with E-state index in [-0.39, 0.29) is 23.4 Å². The zero-order chi connectivity index (χ0) is 20.7. The molecule has 0 saturated carbocycles. The molecule has 1 aromatic rings. The number of Topliss-reactive ketones (excluding diaryl/α,β-unsaturated/α-hetero) is 2. The van der Waals surface area contributed by atoms with Crippen LogP contribution in [0.25, 0.3) is 0 Å². The highest BCUT2D eigenvalue weighted by atomic mass is 16.5. The molecule has 1 aliphatic heterocycles. The van der Waals surface area contributed by atoms with E-state index in [0.717, 1.165) is 12.1 Å². The third-order valence-corrected chi connectivity index (χ3v) is 5.37. The van der Waals surface area contributed by atoms with Gasteiger partial charge in [-0.1, -0.05) is 13.8 Å². The Hall–Kier alpha value is -2.21. The van der Waals surface area contributed by atoms with E-state index in [1.165, 1.54) is 6.92 Å². The fraction of sp³-hybridized carbons (Fsp3) is 0.591. The van der Waals surface area contributed by atoms with E-state index in [9.17, 15) is 14.4 Å². The minimum atomic E-state index is -0.117. The Kier molecular flexibility index (Phi) is 8.18. The topological polar surface area (TPSA) is 66.9 Å². The summed E-state index contributed by atoms with van der Waals surface area (Å²) in [6.07, 6.45) is 1.15. The number of hydrogen-bond donors (Lipinski definition) is 0. The summed E-state index contributed by atoms with van der Waals surface area (Å²) >= 11 is 0. The van der Waals surface area contributed by atoms with Gasteiger partial charge in [-0.3, -0.25) is 14.4 Å². The van der Waals surface area contributed by atoms with Crippen LogP contribution in [0.3, 0.4) is 0 Å². The van der Waals surface area contributed by atoms with Gasteiger partial charge in [0, 0.05) is 55.5 Å². The number of anilines is 1. The van der Waals surface area contributed by atoms with Crippen LogP contribution < -0.4 is 4.90 Å². The normalized spacial score (nSPS) is 15.4. The van der Waals surface area contributed by atoms with Gasteiger partial charge in [-0.15, -0.1) is 0 Å². The standard InChI is InChI=1S/C22H32N2O4/c1-5-16(3)22(27)20-15-18(7-8-19(20)17(4)25)23-10-12-24(13-11-23)21(26)9-14-28-6-2/h7-8,15-16H,5-6,9-14H2,1-4H3. The second-order valence-electron chi connectivity index (χ2n) is 7.27. The highest BCUT2D eigenvalue weighted by Crippen LogP contribution is 2.25. The zero-order valence-corrected chi connectivity index (χ0v) is 17.5. The maximum atomic E-state index is 12.8. The van der Waals surface area contributed by atoms with Gasteiger partial charge in [0.2, 0.25) is 5.91 Å². The first kappa shape index (κ1) is 22.1. The van der Waals surface area contributed by atoms with Gasteiger partial charge in [0.05, 0.1) is 13.0 Å². The Morgan fingerprint density at radius 2 is 1.75 bits per heavy atom. The molecule has 154 valence electrons. The third-order valence-electron chi connectivity index (χ3n) is 5.37. The predicted octanol–water partition coefficient (Wildman–Crippen LogP) is 3.19. The molecule has 1 atom stereocenters. The maximum Gasteiger partial charge on any atom is 0.225 e. The summed E-state index contributed by atoms with van der Waals surface area (Å²) in [4.78, 5) is 41.0. The van der Waals surface area contributed by atoms with Crippen molar-refractivity contribution in [3.63, 3.8) is 0 Å². The summed E-state index contributed by atoms with van der Waals surface area (Å²) in [7, 11) is 0. The molecule has 1 saturated heterocycles. The molecule has 0 aliphatic carbocycles. The second kappa shape index (κ2) is 10.4. The number of benzene rings is 1. The van der Waals surface area contributed by atoms with Gasteiger partial charge in [-0.2, -0.15) is 0 Å². The van der Waals surface area contributed by atoms with E-state index in [0.29, 0.717) is 56.9 Å². The molecule has 0 spiro atoms. The summed E-state index contributed by atoms with van der Waals surface area (Å²) in [6, 6.07) is 5.50. The number of rotatable bonds is 9. The quantitative estimate of drug-likeness (QED) is 0.480. The molecule has 28 heavy (non-hydrogen) atoms. The van der Waals surface area contributed by atoms with Gasteiger partial charge in [-0.25, -0.2) is 0 Å². The largest absolute Gasteiger partial charge is 0.381 e. The lowest BCUT2D eigenvalue weighted by molar-refractivity contribution is -0.132. The molecule has 1 amide bonds.